The molecule has 2 heterocycles. The number of hydrogen-bond acceptors (Lipinski definition) is 3. The van der Waals surface area contributed by atoms with Crippen LogP contribution in [0.1, 0.15) is 5.56 Å². The lowest BCUT2D eigenvalue weighted by atomic mass is 10.2. The molecular weight excluding hydrogens is 349 g/mol. The number of aromatic amines is 1. The average molecular weight is 357 g/mol. The van der Waals surface area contributed by atoms with Crippen molar-refractivity contribution in [3.8, 4) is 17.1 Å². The number of rotatable bonds is 2. The number of alkyl halides is 3. The molecule has 9 heteroatoms. The Hall–Kier alpha value is -2.19. The summed E-state index contributed by atoms with van der Waals surface area (Å²) < 4.78 is 40.4. The Kier molecular flexibility index (Phi) is 3.95. The van der Waals surface area contributed by atoms with Gasteiger partial charge < -0.3 is 0 Å². The highest BCUT2D eigenvalue weighted by Crippen LogP contribution is 2.34. The van der Waals surface area contributed by atoms with E-state index in [-0.39, 0.29) is 15.5 Å². The second-order valence-corrected chi connectivity index (χ2v) is 5.38. The lowest BCUT2D eigenvalue weighted by Crippen LogP contribution is -2.07. The third-order valence-corrected chi connectivity index (χ3v) is 3.72. The second kappa shape index (κ2) is 5.78. The van der Waals surface area contributed by atoms with Crippen LogP contribution in [0.3, 0.4) is 0 Å². The van der Waals surface area contributed by atoms with Crippen LogP contribution in [0, 0.1) is 4.77 Å². The Balaban J connectivity index is 2.25. The number of pyridine rings is 1. The Labute approximate surface area is 138 Å². The minimum atomic E-state index is -4.48. The zero-order valence-electron chi connectivity index (χ0n) is 11.3. The molecule has 0 amide bonds. The van der Waals surface area contributed by atoms with Crippen LogP contribution >= 0.6 is 23.8 Å². The van der Waals surface area contributed by atoms with Crippen LogP contribution in [0.2, 0.25) is 5.02 Å². The normalized spacial score (nSPS) is 11.7. The van der Waals surface area contributed by atoms with E-state index in [9.17, 15) is 13.2 Å². The maximum Gasteiger partial charge on any atom is 0.416 e. The highest BCUT2D eigenvalue weighted by atomic mass is 35.5. The lowest BCUT2D eigenvalue weighted by molar-refractivity contribution is -0.137. The van der Waals surface area contributed by atoms with E-state index in [4.69, 9.17) is 23.8 Å². The van der Waals surface area contributed by atoms with E-state index in [1.807, 2.05) is 0 Å². The van der Waals surface area contributed by atoms with Crippen molar-refractivity contribution in [2.75, 3.05) is 0 Å². The molecule has 3 rings (SSSR count). The lowest BCUT2D eigenvalue weighted by Gasteiger charge is -2.12. The largest absolute Gasteiger partial charge is 0.416 e. The standard InChI is InChI=1S/C14H8ClF3N4S/c15-10-2-1-9(14(16,17)18)7-11(10)22-12(20-21-13(22)23)8-3-5-19-6-4-8/h1-7H,(H,21,23). The van der Waals surface area contributed by atoms with E-state index in [1.54, 1.807) is 24.5 Å². The van der Waals surface area contributed by atoms with Crippen molar-refractivity contribution >= 4 is 23.8 Å². The van der Waals surface area contributed by atoms with Crippen molar-refractivity contribution in [1.82, 2.24) is 19.7 Å². The van der Waals surface area contributed by atoms with Gasteiger partial charge in [-0.2, -0.15) is 18.3 Å². The highest BCUT2D eigenvalue weighted by Gasteiger charge is 2.31. The van der Waals surface area contributed by atoms with Gasteiger partial charge in [-0.3, -0.25) is 14.6 Å². The first-order chi connectivity index (χ1) is 10.9. The summed E-state index contributed by atoms with van der Waals surface area (Å²) in [6.07, 6.45) is -1.39. The molecule has 0 radical (unpaired) electrons. The van der Waals surface area contributed by atoms with Crippen LogP contribution in [0.25, 0.3) is 17.1 Å². The first-order valence-corrected chi connectivity index (χ1v) is 7.11. The van der Waals surface area contributed by atoms with Crippen molar-refractivity contribution in [2.45, 2.75) is 6.18 Å². The molecule has 0 saturated carbocycles. The summed E-state index contributed by atoms with van der Waals surface area (Å²) in [5, 5.41) is 6.78. The first-order valence-electron chi connectivity index (χ1n) is 6.33. The Morgan fingerprint density at radius 3 is 2.48 bits per heavy atom. The summed E-state index contributed by atoms with van der Waals surface area (Å²) in [6.45, 7) is 0. The molecule has 2 aromatic heterocycles. The predicted molar refractivity (Wildman–Crippen MR) is 82.0 cm³/mol. The average Bonchev–Trinajstić information content (AvgIpc) is 2.89. The number of hydrogen-bond donors (Lipinski definition) is 1. The van der Waals surface area contributed by atoms with Crippen molar-refractivity contribution in [3.63, 3.8) is 0 Å². The Morgan fingerprint density at radius 1 is 1.13 bits per heavy atom. The summed E-state index contributed by atoms with van der Waals surface area (Å²) >= 11 is 11.2. The maximum absolute atomic E-state index is 13.0. The topological polar surface area (TPSA) is 46.5 Å². The fourth-order valence-corrected chi connectivity index (χ4v) is 2.51. The molecular formula is C14H8ClF3N4S. The Bertz CT molecular complexity index is 902. The molecule has 0 fully saturated rings. The molecule has 0 bridgehead atoms. The number of nitrogens with one attached hydrogen (secondary N) is 1. The van der Waals surface area contributed by atoms with Gasteiger partial charge in [0, 0.05) is 18.0 Å². The van der Waals surface area contributed by atoms with Gasteiger partial charge in [0.2, 0.25) is 0 Å². The molecule has 4 nitrogen and oxygen atoms in total. The predicted octanol–water partition coefficient (Wildman–Crippen LogP) is 4.66. The van der Waals surface area contributed by atoms with E-state index in [0.717, 1.165) is 12.1 Å². The Morgan fingerprint density at radius 2 is 1.83 bits per heavy atom. The molecule has 3 aromatic rings. The highest BCUT2D eigenvalue weighted by molar-refractivity contribution is 7.71. The van der Waals surface area contributed by atoms with Crippen LogP contribution in [-0.2, 0) is 6.18 Å². The molecule has 0 aliphatic carbocycles. The molecule has 0 unspecified atom stereocenters. The molecule has 1 N–H and O–H groups in total. The fraction of sp³-hybridized carbons (Fsp3) is 0.0714. The molecule has 0 saturated heterocycles. The number of halogens is 4. The summed E-state index contributed by atoms with van der Waals surface area (Å²) in [5.74, 6) is 0.346. The molecule has 0 spiro atoms. The van der Waals surface area contributed by atoms with Gasteiger partial charge in [-0.1, -0.05) is 11.6 Å². The molecule has 0 atom stereocenters. The third kappa shape index (κ3) is 2.99. The van der Waals surface area contributed by atoms with Crippen molar-refractivity contribution in [1.29, 1.82) is 0 Å². The van der Waals surface area contributed by atoms with Crippen LogP contribution in [0.15, 0.2) is 42.7 Å². The van der Waals surface area contributed by atoms with E-state index in [0.29, 0.717) is 11.4 Å². The zero-order chi connectivity index (χ0) is 16.6. The molecule has 0 aliphatic heterocycles. The first kappa shape index (κ1) is 15.7. The SMILES string of the molecule is FC(F)(F)c1ccc(Cl)c(-n2c(-c3ccncc3)n[nH]c2=S)c1. The van der Waals surface area contributed by atoms with Gasteiger partial charge in [-0.15, -0.1) is 0 Å². The number of aromatic nitrogens is 4. The summed E-state index contributed by atoms with van der Waals surface area (Å²) in [6, 6.07) is 6.39. The molecule has 118 valence electrons. The van der Waals surface area contributed by atoms with Gasteiger partial charge in [0.25, 0.3) is 0 Å². The van der Waals surface area contributed by atoms with Crippen LogP contribution in [0.5, 0.6) is 0 Å². The summed E-state index contributed by atoms with van der Waals surface area (Å²) in [7, 11) is 0. The minimum Gasteiger partial charge on any atom is -0.267 e. The van der Waals surface area contributed by atoms with Gasteiger partial charge in [-0.05, 0) is 42.5 Å². The van der Waals surface area contributed by atoms with Gasteiger partial charge in [0.05, 0.1) is 16.3 Å². The summed E-state index contributed by atoms with van der Waals surface area (Å²) in [5.41, 5.74) is -0.0754. The zero-order valence-corrected chi connectivity index (χ0v) is 12.9. The maximum atomic E-state index is 13.0. The minimum absolute atomic E-state index is 0.104. The smallest absolute Gasteiger partial charge is 0.267 e. The summed E-state index contributed by atoms with van der Waals surface area (Å²) in [4.78, 5) is 3.90. The molecule has 1 aromatic carbocycles. The van der Waals surface area contributed by atoms with E-state index in [1.165, 1.54) is 10.6 Å². The number of H-pyrrole nitrogens is 1. The van der Waals surface area contributed by atoms with E-state index in [2.05, 4.69) is 15.2 Å². The van der Waals surface area contributed by atoms with Crippen LogP contribution in [-0.4, -0.2) is 19.7 Å². The van der Waals surface area contributed by atoms with E-state index >= 15 is 0 Å². The number of benzene rings is 1. The quantitative estimate of drug-likeness (QED) is 0.679. The van der Waals surface area contributed by atoms with Crippen molar-refractivity contribution < 1.29 is 13.2 Å². The van der Waals surface area contributed by atoms with E-state index < -0.39 is 11.7 Å². The molecule has 0 aliphatic rings. The van der Waals surface area contributed by atoms with Gasteiger partial charge in [0.15, 0.2) is 10.6 Å². The third-order valence-electron chi connectivity index (χ3n) is 3.13. The number of nitrogens with zero attached hydrogens (tertiary/aromatic N) is 3. The van der Waals surface area contributed by atoms with Gasteiger partial charge in [0.1, 0.15) is 0 Å². The second-order valence-electron chi connectivity index (χ2n) is 4.59. The van der Waals surface area contributed by atoms with Crippen molar-refractivity contribution in [3.05, 3.63) is 58.1 Å². The fourth-order valence-electron chi connectivity index (χ4n) is 2.08. The van der Waals surface area contributed by atoms with Crippen molar-refractivity contribution in [2.24, 2.45) is 0 Å². The van der Waals surface area contributed by atoms with Crippen LogP contribution in [0.4, 0.5) is 13.2 Å². The van der Waals surface area contributed by atoms with Gasteiger partial charge in [-0.25, -0.2) is 0 Å². The van der Waals surface area contributed by atoms with Crippen LogP contribution < -0.4 is 0 Å². The monoisotopic (exact) mass is 356 g/mol. The van der Waals surface area contributed by atoms with Gasteiger partial charge >= 0.3 is 6.18 Å². The molecule has 23 heavy (non-hydrogen) atoms.